The minimum atomic E-state index is -1.79. The predicted octanol–water partition coefficient (Wildman–Crippen LogP) is 5.10. The molecule has 14 heteroatoms. The molecule has 0 aromatic rings. The maximum absolute atomic E-state index is 13.0. The molecule has 0 saturated carbocycles. The lowest BCUT2D eigenvalue weighted by Crippen LogP contribution is -2.65. The number of hydrogen-bond acceptors (Lipinski definition) is 13. The van der Waals surface area contributed by atoms with Gasteiger partial charge in [-0.15, -0.1) is 0 Å². The summed E-state index contributed by atoms with van der Waals surface area (Å²) in [6.45, 7) is 2.52. The minimum Gasteiger partial charge on any atom is -0.394 e. The van der Waals surface area contributed by atoms with Gasteiger partial charge in [-0.2, -0.15) is 0 Å². The van der Waals surface area contributed by atoms with E-state index in [1.165, 1.54) is 38.5 Å². The van der Waals surface area contributed by atoms with Crippen LogP contribution in [0.1, 0.15) is 142 Å². The number of allylic oxidation sites excluding steroid dienone is 9. The van der Waals surface area contributed by atoms with Crippen LogP contribution >= 0.6 is 0 Å². The van der Waals surface area contributed by atoms with E-state index in [9.17, 15) is 45.6 Å². The second-order valence-electron chi connectivity index (χ2n) is 16.5. The fourth-order valence-corrected chi connectivity index (χ4v) is 7.34. The molecular weight excluding hydrogens is 799 g/mol. The molecule has 9 N–H and O–H groups in total. The van der Waals surface area contributed by atoms with E-state index in [-0.39, 0.29) is 18.9 Å². The van der Waals surface area contributed by atoms with E-state index in [1.807, 2.05) is 6.08 Å². The van der Waals surface area contributed by atoms with Gasteiger partial charge in [-0.1, -0.05) is 139 Å². The first-order valence-corrected chi connectivity index (χ1v) is 23.5. The Hall–Kier alpha value is -2.31. The molecule has 2 heterocycles. The van der Waals surface area contributed by atoms with E-state index in [0.717, 1.165) is 77.0 Å². The molecule has 2 aliphatic heterocycles. The fourth-order valence-electron chi connectivity index (χ4n) is 7.34. The highest BCUT2D eigenvalue weighted by Crippen LogP contribution is 2.30. The van der Waals surface area contributed by atoms with Crippen molar-refractivity contribution in [2.24, 2.45) is 0 Å². The average Bonchev–Trinajstić information content (AvgIpc) is 3.27. The zero-order valence-electron chi connectivity index (χ0n) is 37.6. The molecule has 0 radical (unpaired) electrons. The first-order chi connectivity index (χ1) is 30.1. The van der Waals surface area contributed by atoms with Crippen LogP contribution in [0.25, 0.3) is 0 Å². The van der Waals surface area contributed by atoms with Crippen LogP contribution in [0.4, 0.5) is 0 Å². The van der Waals surface area contributed by atoms with Gasteiger partial charge in [-0.3, -0.25) is 4.79 Å². The fraction of sp³-hybridized carbons (Fsp3) is 0.771. The van der Waals surface area contributed by atoms with Crippen molar-refractivity contribution in [1.82, 2.24) is 5.32 Å². The lowest BCUT2D eigenvalue weighted by Gasteiger charge is -2.46. The largest absolute Gasteiger partial charge is 0.394 e. The highest BCUT2D eigenvalue weighted by atomic mass is 16.7. The molecule has 2 rings (SSSR count). The van der Waals surface area contributed by atoms with Crippen molar-refractivity contribution < 1.29 is 64.6 Å². The van der Waals surface area contributed by atoms with Gasteiger partial charge >= 0.3 is 0 Å². The van der Waals surface area contributed by atoms with Gasteiger partial charge in [-0.05, 0) is 57.8 Å². The van der Waals surface area contributed by atoms with E-state index in [1.54, 1.807) is 6.08 Å². The molecule has 358 valence electrons. The molecule has 1 amide bonds. The topological polar surface area (TPSA) is 228 Å². The molecule has 12 atom stereocenters. The maximum atomic E-state index is 13.0. The zero-order chi connectivity index (χ0) is 45.4. The molecule has 0 spiro atoms. The Kier molecular flexibility index (Phi) is 31.5. The quantitative estimate of drug-likeness (QED) is 0.0304. The van der Waals surface area contributed by atoms with Crippen LogP contribution in [0.3, 0.4) is 0 Å². The van der Waals surface area contributed by atoms with Crippen molar-refractivity contribution in [3.63, 3.8) is 0 Å². The number of nitrogens with one attached hydrogen (secondary N) is 1. The SMILES string of the molecule is CC/C=C\C/C=C\C/C=C\C/C=C\CCCCCCCCCCCCC(=O)NC(COC1OC(CO)C(OC2OC(CO)C(O)C(O)C2O)C(O)C1O)C(O)/C=C/CCCCC. The van der Waals surface area contributed by atoms with Gasteiger partial charge in [0.1, 0.15) is 48.8 Å². The Morgan fingerprint density at radius 1 is 0.597 bits per heavy atom. The number of hydrogen-bond donors (Lipinski definition) is 9. The number of rotatable bonds is 34. The number of carbonyl (C=O) groups excluding carboxylic acids is 1. The van der Waals surface area contributed by atoms with Crippen LogP contribution in [-0.4, -0.2) is 140 Å². The molecule has 2 fully saturated rings. The molecule has 2 saturated heterocycles. The van der Waals surface area contributed by atoms with Crippen LogP contribution in [0.2, 0.25) is 0 Å². The minimum absolute atomic E-state index is 0.256. The Balaban J connectivity index is 1.71. The Morgan fingerprint density at radius 3 is 1.71 bits per heavy atom. The summed E-state index contributed by atoms with van der Waals surface area (Å²) in [7, 11) is 0. The van der Waals surface area contributed by atoms with Gasteiger partial charge in [0.2, 0.25) is 5.91 Å². The normalized spacial score (nSPS) is 28.3. The third kappa shape index (κ3) is 22.5. The van der Waals surface area contributed by atoms with Crippen molar-refractivity contribution in [1.29, 1.82) is 0 Å². The second kappa shape index (κ2) is 35.0. The molecule has 2 aliphatic rings. The molecule has 14 nitrogen and oxygen atoms in total. The molecule has 12 unspecified atom stereocenters. The van der Waals surface area contributed by atoms with E-state index in [2.05, 4.69) is 67.8 Å². The molecule has 0 aromatic carbocycles. The van der Waals surface area contributed by atoms with E-state index in [0.29, 0.717) is 6.42 Å². The van der Waals surface area contributed by atoms with Gasteiger partial charge in [0.05, 0.1) is 32.0 Å². The van der Waals surface area contributed by atoms with Crippen LogP contribution in [0.5, 0.6) is 0 Å². The summed E-state index contributed by atoms with van der Waals surface area (Å²) in [5.41, 5.74) is 0. The van der Waals surface area contributed by atoms with E-state index < -0.39 is 86.8 Å². The van der Waals surface area contributed by atoms with Gasteiger partial charge in [0.25, 0.3) is 0 Å². The lowest BCUT2D eigenvalue weighted by atomic mass is 9.97. The lowest BCUT2D eigenvalue weighted by molar-refractivity contribution is -0.359. The Labute approximate surface area is 371 Å². The van der Waals surface area contributed by atoms with Crippen LogP contribution in [0.15, 0.2) is 60.8 Å². The first-order valence-electron chi connectivity index (χ1n) is 23.5. The number of carbonyl (C=O) groups is 1. The second-order valence-corrected chi connectivity index (χ2v) is 16.5. The summed E-state index contributed by atoms with van der Waals surface area (Å²) < 4.78 is 22.5. The maximum Gasteiger partial charge on any atom is 0.220 e. The summed E-state index contributed by atoms with van der Waals surface area (Å²) in [5, 5.41) is 86.0. The highest BCUT2D eigenvalue weighted by molar-refractivity contribution is 5.76. The molecular formula is C48H83NO13. The predicted molar refractivity (Wildman–Crippen MR) is 240 cm³/mol. The summed E-state index contributed by atoms with van der Waals surface area (Å²) in [6, 6.07) is -0.914. The molecule has 62 heavy (non-hydrogen) atoms. The third-order valence-electron chi connectivity index (χ3n) is 11.2. The van der Waals surface area contributed by atoms with Crippen molar-refractivity contribution in [2.45, 2.75) is 216 Å². The molecule has 0 bridgehead atoms. The van der Waals surface area contributed by atoms with Gasteiger partial charge < -0.3 is 65.1 Å². The van der Waals surface area contributed by atoms with Crippen LogP contribution < -0.4 is 5.32 Å². The number of aliphatic hydroxyl groups is 8. The average molecular weight is 882 g/mol. The molecule has 0 aliphatic carbocycles. The van der Waals surface area contributed by atoms with Crippen molar-refractivity contribution in [3.05, 3.63) is 60.8 Å². The third-order valence-corrected chi connectivity index (χ3v) is 11.2. The van der Waals surface area contributed by atoms with Crippen LogP contribution in [0, 0.1) is 0 Å². The van der Waals surface area contributed by atoms with Gasteiger partial charge in [0, 0.05) is 6.42 Å². The Morgan fingerprint density at radius 2 is 1.11 bits per heavy atom. The van der Waals surface area contributed by atoms with E-state index >= 15 is 0 Å². The number of ether oxygens (including phenoxy) is 4. The van der Waals surface area contributed by atoms with Crippen molar-refractivity contribution in [3.8, 4) is 0 Å². The highest BCUT2D eigenvalue weighted by Gasteiger charge is 2.50. The standard InChI is InChI=1S/C48H83NO13/c1-3-5-7-9-10-11-12-13-14-15-16-17-18-19-20-21-22-23-24-25-26-28-30-32-40(53)49-36(37(52)31-29-27-8-6-4-2)35-59-47-45(58)43(56)46(39(34-51)61-47)62-48-44(57)42(55)41(54)38(33-50)60-48/h5,7,10-11,13-14,16-17,29,31,36-39,41-48,50-52,54-58H,3-4,6,8-9,12,15,18-28,30,32-35H2,1-2H3,(H,49,53)/b7-5-,11-10-,14-13-,17-16-,31-29+. The Bertz CT molecular complexity index is 1270. The summed E-state index contributed by atoms with van der Waals surface area (Å²) in [5.74, 6) is -0.256. The monoisotopic (exact) mass is 882 g/mol. The van der Waals surface area contributed by atoms with Crippen molar-refractivity contribution >= 4 is 5.91 Å². The first kappa shape index (κ1) is 55.8. The molecule has 0 aromatic heterocycles. The number of aliphatic hydroxyl groups excluding tert-OH is 8. The summed E-state index contributed by atoms with van der Waals surface area (Å²) in [6.07, 6.45) is 24.7. The summed E-state index contributed by atoms with van der Waals surface area (Å²) in [4.78, 5) is 13.0. The van der Waals surface area contributed by atoms with E-state index in [4.69, 9.17) is 18.9 Å². The zero-order valence-corrected chi connectivity index (χ0v) is 37.6. The van der Waals surface area contributed by atoms with Crippen LogP contribution in [-0.2, 0) is 23.7 Å². The van der Waals surface area contributed by atoms with Crippen molar-refractivity contribution in [2.75, 3.05) is 19.8 Å². The number of unbranched alkanes of at least 4 members (excludes halogenated alkanes) is 13. The van der Waals surface area contributed by atoms with Gasteiger partial charge in [-0.25, -0.2) is 0 Å². The van der Waals surface area contributed by atoms with Gasteiger partial charge in [0.15, 0.2) is 12.6 Å². The summed E-state index contributed by atoms with van der Waals surface area (Å²) >= 11 is 0. The smallest absolute Gasteiger partial charge is 0.220 e. The number of amides is 1.